The number of alkyl halides is 3. The van der Waals surface area contributed by atoms with Gasteiger partial charge in [-0.3, -0.25) is 4.79 Å². The van der Waals surface area contributed by atoms with E-state index in [1.54, 1.807) is 12.1 Å². The van der Waals surface area contributed by atoms with Crippen molar-refractivity contribution in [3.8, 4) is 22.6 Å². The van der Waals surface area contributed by atoms with E-state index in [9.17, 15) is 18.0 Å². The van der Waals surface area contributed by atoms with Crippen LogP contribution in [0.15, 0.2) is 91.0 Å². The first-order chi connectivity index (χ1) is 17.7. The molecule has 0 spiro atoms. The summed E-state index contributed by atoms with van der Waals surface area (Å²) in [4.78, 5) is 12.9. The Labute approximate surface area is 217 Å². The summed E-state index contributed by atoms with van der Waals surface area (Å²) in [5.74, 6) is 0.558. The van der Waals surface area contributed by atoms with Crippen LogP contribution in [-0.2, 0) is 12.8 Å². The van der Waals surface area contributed by atoms with Crippen molar-refractivity contribution in [2.75, 3.05) is 11.9 Å². The fraction of sp³-hybridized carbons (Fsp3) is 0.138. The molecule has 0 saturated heterocycles. The summed E-state index contributed by atoms with van der Waals surface area (Å²) in [5, 5.41) is 2.46. The zero-order chi connectivity index (χ0) is 26.4. The normalized spacial score (nSPS) is 11.2. The first kappa shape index (κ1) is 26.1. The first-order valence-electron chi connectivity index (χ1n) is 11.5. The molecule has 1 amide bonds. The average Bonchev–Trinajstić information content (AvgIpc) is 2.89. The van der Waals surface area contributed by atoms with Gasteiger partial charge < -0.3 is 14.8 Å². The molecular weight excluding hydrogens is 503 g/mol. The maximum Gasteiger partial charge on any atom is 0.416 e. The Balaban J connectivity index is 1.51. The molecule has 0 aliphatic rings. The van der Waals surface area contributed by atoms with Crippen LogP contribution < -0.4 is 14.8 Å². The van der Waals surface area contributed by atoms with Crippen molar-refractivity contribution in [1.29, 1.82) is 0 Å². The minimum absolute atomic E-state index is 0.00482. The Hall–Kier alpha value is -3.97. The second-order valence-electron chi connectivity index (χ2n) is 8.08. The molecule has 0 heterocycles. The molecule has 8 heteroatoms. The van der Waals surface area contributed by atoms with Gasteiger partial charge in [-0.25, -0.2) is 0 Å². The summed E-state index contributed by atoms with van der Waals surface area (Å²) >= 11 is 6.02. The van der Waals surface area contributed by atoms with E-state index in [-0.39, 0.29) is 22.9 Å². The monoisotopic (exact) mass is 525 g/mol. The van der Waals surface area contributed by atoms with E-state index in [0.29, 0.717) is 23.7 Å². The number of carbonyl (C=O) groups excluding carboxylic acids is 1. The highest BCUT2D eigenvalue weighted by Gasteiger charge is 2.31. The van der Waals surface area contributed by atoms with Gasteiger partial charge in [0.1, 0.15) is 18.1 Å². The lowest BCUT2D eigenvalue weighted by Crippen LogP contribution is -2.14. The zero-order valence-electron chi connectivity index (χ0n) is 19.8. The molecule has 4 nitrogen and oxygen atoms in total. The van der Waals surface area contributed by atoms with E-state index in [4.69, 9.17) is 21.1 Å². The number of nitrogens with one attached hydrogen (secondary N) is 1. The van der Waals surface area contributed by atoms with Crippen LogP contribution in [0.25, 0.3) is 11.1 Å². The van der Waals surface area contributed by atoms with E-state index in [1.807, 2.05) is 61.5 Å². The van der Waals surface area contributed by atoms with Gasteiger partial charge in [0.25, 0.3) is 5.91 Å². The SMILES string of the molecule is CCOc1ccc(C(=O)Nc2cc(C(F)(F)F)ccc2Cl)cc1COc1ccc(-c2ccccc2)cc1. The van der Waals surface area contributed by atoms with Gasteiger partial charge in [0.05, 0.1) is 22.9 Å². The molecule has 0 unspecified atom stereocenters. The molecule has 1 N–H and O–H groups in total. The predicted octanol–water partition coefficient (Wildman–Crippen LogP) is 8.26. The van der Waals surface area contributed by atoms with Crippen LogP contribution in [0.4, 0.5) is 18.9 Å². The Morgan fingerprint density at radius 3 is 2.24 bits per heavy atom. The van der Waals surface area contributed by atoms with Gasteiger partial charge in [-0.2, -0.15) is 13.2 Å². The quantitative estimate of drug-likeness (QED) is 0.252. The third kappa shape index (κ3) is 6.62. The Morgan fingerprint density at radius 2 is 1.57 bits per heavy atom. The van der Waals surface area contributed by atoms with Crippen LogP contribution in [0, 0.1) is 0 Å². The number of rotatable bonds is 8. The lowest BCUT2D eigenvalue weighted by Gasteiger charge is -2.15. The number of hydrogen-bond donors (Lipinski definition) is 1. The number of carbonyl (C=O) groups is 1. The lowest BCUT2D eigenvalue weighted by molar-refractivity contribution is -0.137. The van der Waals surface area contributed by atoms with E-state index in [2.05, 4.69) is 5.32 Å². The number of amides is 1. The summed E-state index contributed by atoms with van der Waals surface area (Å²) in [6.07, 6.45) is -4.56. The Bertz CT molecular complexity index is 1370. The lowest BCUT2D eigenvalue weighted by atomic mass is 10.1. The molecule has 37 heavy (non-hydrogen) atoms. The predicted molar refractivity (Wildman–Crippen MR) is 138 cm³/mol. The maximum absolute atomic E-state index is 13.1. The van der Waals surface area contributed by atoms with Crippen molar-refractivity contribution >= 4 is 23.2 Å². The fourth-order valence-corrected chi connectivity index (χ4v) is 3.82. The van der Waals surface area contributed by atoms with Crippen LogP contribution in [0.2, 0.25) is 5.02 Å². The molecule has 0 aromatic heterocycles. The molecule has 4 aromatic carbocycles. The average molecular weight is 526 g/mol. The van der Waals surface area contributed by atoms with Gasteiger partial charge in [0.15, 0.2) is 0 Å². The maximum atomic E-state index is 13.1. The van der Waals surface area contributed by atoms with Crippen molar-refractivity contribution in [3.63, 3.8) is 0 Å². The van der Waals surface area contributed by atoms with E-state index < -0.39 is 17.6 Å². The van der Waals surface area contributed by atoms with Crippen LogP contribution in [0.1, 0.15) is 28.4 Å². The number of ether oxygens (including phenoxy) is 2. The number of anilines is 1. The van der Waals surface area contributed by atoms with Crippen LogP contribution >= 0.6 is 11.6 Å². The zero-order valence-corrected chi connectivity index (χ0v) is 20.6. The molecule has 4 rings (SSSR count). The molecule has 0 radical (unpaired) electrons. The summed E-state index contributed by atoms with van der Waals surface area (Å²) in [7, 11) is 0. The topological polar surface area (TPSA) is 47.6 Å². The third-order valence-corrected chi connectivity index (χ3v) is 5.85. The molecule has 0 saturated carbocycles. The molecule has 0 atom stereocenters. The largest absolute Gasteiger partial charge is 0.493 e. The van der Waals surface area contributed by atoms with Crippen molar-refractivity contribution < 1.29 is 27.4 Å². The summed E-state index contributed by atoms with van der Waals surface area (Å²) in [6, 6.07) is 25.1. The smallest absolute Gasteiger partial charge is 0.416 e. The van der Waals surface area contributed by atoms with Crippen molar-refractivity contribution in [1.82, 2.24) is 0 Å². The fourth-order valence-electron chi connectivity index (χ4n) is 3.66. The van der Waals surface area contributed by atoms with Crippen molar-refractivity contribution in [2.24, 2.45) is 0 Å². The number of hydrogen-bond acceptors (Lipinski definition) is 3. The molecule has 190 valence electrons. The van der Waals surface area contributed by atoms with E-state index >= 15 is 0 Å². The highest BCUT2D eigenvalue weighted by Crippen LogP contribution is 2.34. The van der Waals surface area contributed by atoms with E-state index in [0.717, 1.165) is 29.3 Å². The minimum Gasteiger partial charge on any atom is -0.493 e. The van der Waals surface area contributed by atoms with Crippen LogP contribution in [-0.4, -0.2) is 12.5 Å². The van der Waals surface area contributed by atoms with Crippen LogP contribution in [0.3, 0.4) is 0 Å². The van der Waals surface area contributed by atoms with Gasteiger partial charge in [-0.15, -0.1) is 0 Å². The minimum atomic E-state index is -4.56. The van der Waals surface area contributed by atoms with Gasteiger partial charge in [-0.1, -0.05) is 54.1 Å². The highest BCUT2D eigenvalue weighted by molar-refractivity contribution is 6.34. The second kappa shape index (κ2) is 11.4. The summed E-state index contributed by atoms with van der Waals surface area (Å²) in [5.41, 5.74) is 1.92. The van der Waals surface area contributed by atoms with Gasteiger partial charge in [0, 0.05) is 11.1 Å². The number of benzene rings is 4. The summed E-state index contributed by atoms with van der Waals surface area (Å²) in [6.45, 7) is 2.36. The molecular formula is C29H23ClF3NO3. The highest BCUT2D eigenvalue weighted by atomic mass is 35.5. The molecule has 0 aliphatic heterocycles. The summed E-state index contributed by atoms with van der Waals surface area (Å²) < 4.78 is 50.8. The standard InChI is InChI=1S/C29H23ClF3NO3/c1-2-36-27-15-10-21(28(35)34-26-17-23(29(31,32)33)11-14-25(26)30)16-22(27)18-37-24-12-8-20(9-13-24)19-6-4-3-5-7-19/h3-17H,2,18H2,1H3,(H,34,35). The van der Waals surface area contributed by atoms with Gasteiger partial charge in [0.2, 0.25) is 0 Å². The Kier molecular flexibility index (Phi) is 8.04. The van der Waals surface area contributed by atoms with Crippen molar-refractivity contribution in [2.45, 2.75) is 19.7 Å². The number of halogens is 4. The van der Waals surface area contributed by atoms with E-state index in [1.165, 1.54) is 6.07 Å². The van der Waals surface area contributed by atoms with Crippen LogP contribution in [0.5, 0.6) is 11.5 Å². The molecule has 0 bridgehead atoms. The van der Waals surface area contributed by atoms with Gasteiger partial charge >= 0.3 is 6.18 Å². The second-order valence-corrected chi connectivity index (χ2v) is 8.49. The van der Waals surface area contributed by atoms with Crippen molar-refractivity contribution in [3.05, 3.63) is 113 Å². The molecule has 0 aliphatic carbocycles. The first-order valence-corrected chi connectivity index (χ1v) is 11.8. The Morgan fingerprint density at radius 1 is 0.865 bits per heavy atom. The third-order valence-electron chi connectivity index (χ3n) is 5.52. The molecule has 0 fully saturated rings. The molecule has 4 aromatic rings. The van der Waals surface area contributed by atoms with Gasteiger partial charge in [-0.05, 0) is 66.6 Å².